The predicted molar refractivity (Wildman–Crippen MR) is 146 cm³/mol. The molecule has 0 atom stereocenters. The molecule has 182 valence electrons. The van der Waals surface area contributed by atoms with Gasteiger partial charge >= 0.3 is 0 Å². The fourth-order valence-corrected chi connectivity index (χ4v) is 5.02. The van der Waals surface area contributed by atoms with Crippen LogP contribution in [0.2, 0.25) is 15.1 Å². The van der Waals surface area contributed by atoms with Gasteiger partial charge in [-0.25, -0.2) is 4.68 Å². The normalized spacial score (nSPS) is 11.3. The lowest BCUT2D eigenvalue weighted by Gasteiger charge is -2.12. The summed E-state index contributed by atoms with van der Waals surface area (Å²) in [4.78, 5) is 29.2. The minimum absolute atomic E-state index is 0.205. The summed E-state index contributed by atoms with van der Waals surface area (Å²) in [7, 11) is 0. The molecule has 5 aromatic rings. The molecule has 0 aliphatic heterocycles. The van der Waals surface area contributed by atoms with E-state index in [2.05, 4.69) is 15.4 Å². The summed E-state index contributed by atoms with van der Waals surface area (Å²) >= 11 is 18.8. The number of carbonyl (C=O) groups excluding carboxylic acids is 1. The number of benzene rings is 3. The molecule has 1 amide bonds. The molecule has 36 heavy (non-hydrogen) atoms. The van der Waals surface area contributed by atoms with Gasteiger partial charge in [0.2, 0.25) is 5.91 Å². The predicted octanol–water partition coefficient (Wildman–Crippen LogP) is 6.17. The first kappa shape index (κ1) is 24.4. The van der Waals surface area contributed by atoms with E-state index < -0.39 is 0 Å². The van der Waals surface area contributed by atoms with Crippen LogP contribution in [0.5, 0.6) is 0 Å². The molecule has 2 N–H and O–H groups in total. The van der Waals surface area contributed by atoms with Crippen LogP contribution >= 0.6 is 34.8 Å². The topological polar surface area (TPSA) is 79.8 Å². The summed E-state index contributed by atoms with van der Waals surface area (Å²) in [5.41, 5.74) is 3.79. The molecule has 0 radical (unpaired) electrons. The van der Waals surface area contributed by atoms with Crippen molar-refractivity contribution < 1.29 is 4.79 Å². The number of aryl methyl sites for hydroxylation is 1. The second-order valence-corrected chi connectivity index (χ2v) is 9.72. The first-order valence-corrected chi connectivity index (χ1v) is 12.4. The SMILES string of the molecule is Cc1[nH]c2c(Cl)ccc(Cl)c2c1CCNC(=O)Cn1nc(-c2ccc(Cl)cc2)c2ccccc2c1=O. The van der Waals surface area contributed by atoms with E-state index in [0.29, 0.717) is 44.5 Å². The van der Waals surface area contributed by atoms with E-state index in [9.17, 15) is 9.59 Å². The highest BCUT2D eigenvalue weighted by atomic mass is 35.5. The highest BCUT2D eigenvalue weighted by Gasteiger charge is 2.16. The summed E-state index contributed by atoms with van der Waals surface area (Å²) in [6.45, 7) is 2.10. The van der Waals surface area contributed by atoms with Gasteiger partial charge in [-0.3, -0.25) is 9.59 Å². The third kappa shape index (κ3) is 4.60. The van der Waals surface area contributed by atoms with Gasteiger partial charge in [0.15, 0.2) is 0 Å². The number of hydrogen-bond donors (Lipinski definition) is 2. The van der Waals surface area contributed by atoms with Crippen molar-refractivity contribution in [3.63, 3.8) is 0 Å². The van der Waals surface area contributed by atoms with Crippen LogP contribution in [0.3, 0.4) is 0 Å². The van der Waals surface area contributed by atoms with Crippen LogP contribution in [0.25, 0.3) is 32.9 Å². The summed E-state index contributed by atoms with van der Waals surface area (Å²) in [5, 5.41) is 11.3. The van der Waals surface area contributed by atoms with Crippen LogP contribution in [0.15, 0.2) is 65.5 Å². The molecule has 0 fully saturated rings. The Balaban J connectivity index is 1.38. The number of aromatic amines is 1. The van der Waals surface area contributed by atoms with Crippen LogP contribution in [-0.2, 0) is 17.8 Å². The van der Waals surface area contributed by atoms with Crippen LogP contribution in [-0.4, -0.2) is 27.2 Å². The molecule has 0 saturated heterocycles. The van der Waals surface area contributed by atoms with E-state index in [1.54, 1.807) is 36.4 Å². The van der Waals surface area contributed by atoms with Crippen LogP contribution < -0.4 is 10.9 Å². The maximum absolute atomic E-state index is 13.1. The average Bonchev–Trinajstić information content (AvgIpc) is 3.21. The molecule has 0 bridgehead atoms. The second-order valence-electron chi connectivity index (χ2n) is 8.47. The molecule has 0 unspecified atom stereocenters. The lowest BCUT2D eigenvalue weighted by Crippen LogP contribution is -2.35. The van der Waals surface area contributed by atoms with Gasteiger partial charge in [-0.05, 0) is 49.2 Å². The first-order chi connectivity index (χ1) is 17.3. The number of halogens is 3. The summed E-state index contributed by atoms with van der Waals surface area (Å²) < 4.78 is 1.20. The Morgan fingerprint density at radius 2 is 1.67 bits per heavy atom. The number of rotatable bonds is 6. The molecule has 5 rings (SSSR count). The highest BCUT2D eigenvalue weighted by Crippen LogP contribution is 2.34. The van der Waals surface area contributed by atoms with Crippen molar-refractivity contribution in [3.8, 4) is 11.3 Å². The standard InChI is InChI=1S/C27H21Cl3N4O2/c1-15-18(24-21(29)10-11-22(30)26(24)32-15)12-13-31-23(35)14-34-27(36)20-5-3-2-4-19(20)25(33-34)16-6-8-17(28)9-7-16/h2-11,32H,12-14H2,1H3,(H,31,35). The zero-order chi connectivity index (χ0) is 25.4. The number of nitrogens with zero attached hydrogens (tertiary/aromatic N) is 2. The van der Waals surface area contributed by atoms with Gasteiger partial charge in [0, 0.05) is 33.6 Å². The van der Waals surface area contributed by atoms with E-state index in [-0.39, 0.29) is 18.0 Å². The molecule has 0 spiro atoms. The Bertz CT molecular complexity index is 1670. The number of amides is 1. The second kappa shape index (κ2) is 9.97. The van der Waals surface area contributed by atoms with Crippen molar-refractivity contribution in [1.82, 2.24) is 20.1 Å². The van der Waals surface area contributed by atoms with Crippen LogP contribution in [0.4, 0.5) is 0 Å². The summed E-state index contributed by atoms with van der Waals surface area (Å²) in [6.07, 6.45) is 0.549. The minimum atomic E-state index is -0.327. The van der Waals surface area contributed by atoms with Gasteiger partial charge in [0.1, 0.15) is 6.54 Å². The quantitative estimate of drug-likeness (QED) is 0.271. The van der Waals surface area contributed by atoms with Crippen molar-refractivity contribution >= 4 is 62.4 Å². The minimum Gasteiger partial charge on any atom is -0.357 e. The molecule has 9 heteroatoms. The highest BCUT2D eigenvalue weighted by molar-refractivity contribution is 6.40. The number of nitrogens with one attached hydrogen (secondary N) is 2. The number of hydrogen-bond acceptors (Lipinski definition) is 3. The monoisotopic (exact) mass is 538 g/mol. The molecule has 0 saturated carbocycles. The van der Waals surface area contributed by atoms with Crippen molar-refractivity contribution in [2.45, 2.75) is 19.9 Å². The van der Waals surface area contributed by atoms with Gasteiger partial charge < -0.3 is 10.3 Å². The van der Waals surface area contributed by atoms with Gasteiger partial charge in [0.25, 0.3) is 5.56 Å². The van der Waals surface area contributed by atoms with Crippen LogP contribution in [0.1, 0.15) is 11.3 Å². The van der Waals surface area contributed by atoms with E-state index in [1.165, 1.54) is 4.68 Å². The molecule has 0 aliphatic rings. The van der Waals surface area contributed by atoms with Gasteiger partial charge in [-0.15, -0.1) is 0 Å². The van der Waals surface area contributed by atoms with Crippen molar-refractivity contribution in [3.05, 3.63) is 97.3 Å². The first-order valence-electron chi connectivity index (χ1n) is 11.3. The number of fused-ring (bicyclic) bond motifs is 2. The van der Waals surface area contributed by atoms with Gasteiger partial charge in [0.05, 0.1) is 26.6 Å². The van der Waals surface area contributed by atoms with E-state index in [4.69, 9.17) is 34.8 Å². The zero-order valence-corrected chi connectivity index (χ0v) is 21.5. The maximum atomic E-state index is 13.1. The number of aromatic nitrogens is 3. The number of carbonyl (C=O) groups is 1. The Morgan fingerprint density at radius 1 is 0.972 bits per heavy atom. The Labute approximate surface area is 221 Å². The molecule has 6 nitrogen and oxygen atoms in total. The number of H-pyrrole nitrogens is 1. The van der Waals surface area contributed by atoms with E-state index in [0.717, 1.165) is 27.7 Å². The van der Waals surface area contributed by atoms with E-state index in [1.807, 2.05) is 31.2 Å². The molecular formula is C27H21Cl3N4O2. The van der Waals surface area contributed by atoms with Crippen molar-refractivity contribution in [1.29, 1.82) is 0 Å². The summed E-state index contributed by atoms with van der Waals surface area (Å²) in [5.74, 6) is -0.316. The molecule has 2 aromatic heterocycles. The van der Waals surface area contributed by atoms with Crippen LogP contribution in [0, 0.1) is 6.92 Å². The lowest BCUT2D eigenvalue weighted by molar-refractivity contribution is -0.121. The fourth-order valence-electron chi connectivity index (χ4n) is 4.41. The molecular weight excluding hydrogens is 519 g/mol. The maximum Gasteiger partial charge on any atom is 0.275 e. The smallest absolute Gasteiger partial charge is 0.275 e. The van der Waals surface area contributed by atoms with Crippen molar-refractivity contribution in [2.75, 3.05) is 6.54 Å². The molecule has 0 aliphatic carbocycles. The lowest BCUT2D eigenvalue weighted by atomic mass is 10.1. The van der Waals surface area contributed by atoms with E-state index >= 15 is 0 Å². The Kier molecular flexibility index (Phi) is 6.75. The zero-order valence-electron chi connectivity index (χ0n) is 19.2. The fraction of sp³-hybridized carbons (Fsp3) is 0.148. The molecule has 2 heterocycles. The largest absolute Gasteiger partial charge is 0.357 e. The Hall–Kier alpha value is -3.32. The third-order valence-corrected chi connectivity index (χ3v) is 7.03. The third-order valence-electron chi connectivity index (χ3n) is 6.15. The van der Waals surface area contributed by atoms with Gasteiger partial charge in [-0.1, -0.05) is 65.1 Å². The van der Waals surface area contributed by atoms with Crippen molar-refractivity contribution in [2.24, 2.45) is 0 Å². The molecule has 3 aromatic carbocycles. The average molecular weight is 540 g/mol. The summed E-state index contributed by atoms with van der Waals surface area (Å²) in [6, 6.07) is 18.0. The van der Waals surface area contributed by atoms with Gasteiger partial charge in [-0.2, -0.15) is 5.10 Å². The Morgan fingerprint density at radius 3 is 2.42 bits per heavy atom.